The summed E-state index contributed by atoms with van der Waals surface area (Å²) in [6.07, 6.45) is 94.6. The molecule has 0 atom stereocenters. The molecule has 17 fully saturated rings. The summed E-state index contributed by atoms with van der Waals surface area (Å²) in [5, 5.41) is 0. The van der Waals surface area contributed by atoms with Crippen LogP contribution in [0.3, 0.4) is 0 Å². The second kappa shape index (κ2) is 116. The van der Waals surface area contributed by atoms with E-state index in [1.807, 2.05) is 6.21 Å². The monoisotopic (exact) mass is 1880 g/mol. The second-order valence-electron chi connectivity index (χ2n) is 32.9. The quantitative estimate of drug-likeness (QED) is 0.127. The van der Waals surface area contributed by atoms with Crippen LogP contribution in [0, 0.1) is 0 Å². The number of sulfone groups is 1. The van der Waals surface area contributed by atoms with Crippen LogP contribution in [0.2, 0.25) is 0 Å². The molecule has 0 amide bonds. The van der Waals surface area contributed by atoms with Crippen molar-refractivity contribution in [1.82, 2.24) is 14.7 Å². The van der Waals surface area contributed by atoms with E-state index in [1.54, 1.807) is 0 Å². The Morgan fingerprint density at radius 2 is 0.674 bits per heavy atom. The molecule has 23 rings (SSSR count). The fourth-order valence-corrected chi connectivity index (χ4v) is 18.2. The lowest BCUT2D eigenvalue weighted by Gasteiger charge is -2.41. The first-order valence-electron chi connectivity index (χ1n) is 46.7. The maximum atomic E-state index is 10.9. The number of Topliss-reactive ketones (excluding diaryl/α,β-unsaturated/α-hetero) is 1. The largest absolute Gasteiger partial charge is 0.482 e. The molecule has 0 unspecified atom stereocenters. The molecule has 23 aliphatic rings. The molecule has 0 N–H and O–H groups in total. The predicted molar refractivity (Wildman–Crippen MR) is 590 cm³/mol. The van der Waals surface area contributed by atoms with Crippen molar-refractivity contribution < 1.29 is 51.2 Å². The Hall–Kier alpha value is -2.78. The molecule has 786 valence electrons. The van der Waals surface area contributed by atoms with E-state index in [1.165, 1.54) is 353 Å². The number of ketones is 1. The maximum Gasteiger partial charge on any atom is 0.305 e. The van der Waals surface area contributed by atoms with Gasteiger partial charge in [0, 0.05) is 97.5 Å². The van der Waals surface area contributed by atoms with E-state index in [9.17, 15) is 18.0 Å². The highest BCUT2D eigenvalue weighted by Crippen LogP contribution is 2.33. The van der Waals surface area contributed by atoms with Gasteiger partial charge in [-0.05, 0) is 217 Å². The van der Waals surface area contributed by atoms with Crippen LogP contribution in [-0.2, 0) is 52.6 Å². The number of hydrogen-bond donors (Lipinski definition) is 0. The summed E-state index contributed by atoms with van der Waals surface area (Å²) in [5.74, 6) is 4.10. The number of fused-ring (bicyclic) bond motifs is 8. The third-order valence-electron chi connectivity index (χ3n) is 22.8. The summed E-state index contributed by atoms with van der Waals surface area (Å²) in [6, 6.07) is 0.988. The SMILES string of the molecule is C.C.C.C.C.C.C.C.C.C.C.C.C.C.C.C.C.C.C1=CC2C=CC1O2.C1=CCCC1.C1=CCCCC1.C1=NCCC1.C1=NCCO1.C1CC2CCC1O2.C1CCCC1.C1CCCCC1.C1CCCCC1.C1CCN2CCCCC2C1.C1CCOC1.C1CCOCC1.C1CCSC1.C1CN2CCN1CC2.C1CO1.O=C1CCCCC1.O=C1CCCO1.O=S1(=O)CCCCCC1. The molecule has 6 aliphatic carbocycles. The highest BCUT2D eigenvalue weighted by atomic mass is 32.2. The Balaban J connectivity index is -0.0000000901. The first-order valence-corrected chi connectivity index (χ1v) is 49.7. The minimum absolute atomic E-state index is 0. The van der Waals surface area contributed by atoms with Crippen LogP contribution in [0.5, 0.6) is 0 Å². The van der Waals surface area contributed by atoms with Gasteiger partial charge in [0.05, 0.1) is 62.3 Å². The predicted octanol–water partition coefficient (Wildman–Crippen LogP) is 33.0. The highest BCUT2D eigenvalue weighted by Gasteiger charge is 2.32. The number of carbonyl (C=O) groups excluding carboxylic acids is 2. The molecule has 17 heterocycles. The fourth-order valence-electron chi connectivity index (χ4n) is 15.7. The van der Waals surface area contributed by atoms with Gasteiger partial charge >= 0.3 is 5.97 Å². The number of piperidine rings is 2. The number of carbonyl (C=O) groups is 2. The minimum atomic E-state index is -2.62. The summed E-state index contributed by atoms with van der Waals surface area (Å²) in [7, 11) is -2.62. The van der Waals surface area contributed by atoms with Crippen LogP contribution in [0.4, 0.5) is 0 Å². The Kier molecular flexibility index (Phi) is 141. The molecule has 0 aromatic heterocycles. The molecule has 18 heteroatoms. The van der Waals surface area contributed by atoms with E-state index < -0.39 is 9.84 Å². The van der Waals surface area contributed by atoms with Crippen LogP contribution in [0.1, 0.15) is 480 Å². The van der Waals surface area contributed by atoms with Crippen molar-refractivity contribution in [2.24, 2.45) is 9.98 Å². The summed E-state index contributed by atoms with van der Waals surface area (Å²) in [4.78, 5) is 36.0. The van der Waals surface area contributed by atoms with Gasteiger partial charge < -0.3 is 38.1 Å². The van der Waals surface area contributed by atoms with Gasteiger partial charge in [0.15, 0.2) is 6.40 Å². The fraction of sp³-hybridized carbons (Fsp3) is 0.892. The van der Waals surface area contributed by atoms with E-state index in [0.29, 0.717) is 54.7 Å². The first kappa shape index (κ1) is 157. The topological polar surface area (TPSA) is 171 Å². The summed E-state index contributed by atoms with van der Waals surface area (Å²) >= 11 is 2.07. The number of epoxide rings is 1. The van der Waals surface area contributed by atoms with Gasteiger partial charge in [0.1, 0.15) is 22.2 Å². The van der Waals surface area contributed by atoms with Crippen LogP contribution >= 0.6 is 11.8 Å². The molecule has 0 aromatic rings. The Morgan fingerprint density at radius 1 is 0.310 bits per heavy atom. The van der Waals surface area contributed by atoms with E-state index in [-0.39, 0.29) is 140 Å². The van der Waals surface area contributed by atoms with Gasteiger partial charge in [-0.1, -0.05) is 324 Å². The molecule has 17 aliphatic heterocycles. The Labute approximate surface area is 817 Å². The number of hydrogen-bond acceptors (Lipinski definition) is 17. The van der Waals surface area contributed by atoms with Crippen LogP contribution in [-0.4, -0.2) is 219 Å². The number of rotatable bonds is 0. The lowest BCUT2D eigenvalue weighted by Crippen LogP contribution is -2.55. The lowest BCUT2D eigenvalue weighted by molar-refractivity contribution is -0.138. The lowest BCUT2D eigenvalue weighted by atomic mass is 9.93. The average Bonchev–Trinajstić information content (AvgIpc) is 1.73. The van der Waals surface area contributed by atoms with Gasteiger partial charge in [0.25, 0.3) is 0 Å². The highest BCUT2D eigenvalue weighted by molar-refractivity contribution is 7.99. The van der Waals surface area contributed by atoms with Gasteiger partial charge in [-0.3, -0.25) is 29.4 Å². The van der Waals surface area contributed by atoms with E-state index in [2.05, 4.69) is 99.3 Å². The zero-order valence-corrected chi connectivity index (χ0v) is 72.6. The maximum absolute atomic E-state index is 10.9. The number of aliphatic imine (C=N–C) groups is 2. The number of thioether (sulfide) groups is 1. The van der Waals surface area contributed by atoms with Crippen molar-refractivity contribution in [3.8, 4) is 0 Å². The first-order chi connectivity index (χ1) is 54.8. The number of allylic oxidation sites excluding steroid dienone is 4. The molecule has 129 heavy (non-hydrogen) atoms. The van der Waals surface area contributed by atoms with Crippen molar-refractivity contribution in [1.29, 1.82) is 0 Å². The van der Waals surface area contributed by atoms with Crippen molar-refractivity contribution in [3.05, 3.63) is 48.6 Å². The third-order valence-corrected chi connectivity index (χ3v) is 25.8. The normalized spacial score (nSPS) is 24.2. The molecule has 0 spiro atoms. The molecule has 0 aromatic carbocycles. The second-order valence-corrected chi connectivity index (χ2v) is 36.5. The van der Waals surface area contributed by atoms with Crippen molar-refractivity contribution in [3.63, 3.8) is 0 Å². The van der Waals surface area contributed by atoms with Gasteiger partial charge in [-0.25, -0.2) is 8.42 Å². The van der Waals surface area contributed by atoms with Crippen molar-refractivity contribution in [2.75, 3.05) is 141 Å². The van der Waals surface area contributed by atoms with E-state index >= 15 is 0 Å². The molecule has 13 saturated heterocycles. The zero-order valence-electron chi connectivity index (χ0n) is 70.9. The van der Waals surface area contributed by atoms with Gasteiger partial charge in [0.2, 0.25) is 0 Å². The number of cyclic esters (lactones) is 1. The van der Waals surface area contributed by atoms with E-state index in [4.69, 9.17) is 18.9 Å². The number of nitrogens with zero attached hydrogens (tertiary/aromatic N) is 5. The van der Waals surface area contributed by atoms with Gasteiger partial charge in [-0.15, -0.1) is 0 Å². The van der Waals surface area contributed by atoms with Gasteiger partial charge in [-0.2, -0.15) is 11.8 Å². The van der Waals surface area contributed by atoms with Crippen LogP contribution in [0.15, 0.2) is 58.6 Å². The molecular formula is C111H239N5O11S2. The number of piperazine rings is 3. The number of ether oxygens (including phenoxy) is 7. The van der Waals surface area contributed by atoms with Crippen LogP contribution in [0.25, 0.3) is 0 Å². The molecule has 6 bridgehead atoms. The molecular weight excluding hydrogens is 1640 g/mol. The Morgan fingerprint density at radius 3 is 0.853 bits per heavy atom. The third kappa shape index (κ3) is 98.1. The Bertz CT molecular complexity index is 2140. The minimum Gasteiger partial charge on any atom is -0.482 e. The zero-order chi connectivity index (χ0) is 78.2. The summed E-state index contributed by atoms with van der Waals surface area (Å²) in [6.45, 7) is 20.0. The van der Waals surface area contributed by atoms with Crippen molar-refractivity contribution >= 4 is 46.0 Å². The summed E-state index contributed by atoms with van der Waals surface area (Å²) in [5.41, 5.74) is 0. The summed E-state index contributed by atoms with van der Waals surface area (Å²) < 4.78 is 56.1. The average molecular weight is 1880 g/mol. The molecule has 16 nitrogen and oxygen atoms in total. The molecule has 4 saturated carbocycles. The van der Waals surface area contributed by atoms with Crippen LogP contribution < -0.4 is 0 Å². The van der Waals surface area contributed by atoms with E-state index in [0.717, 1.165) is 123 Å². The number of esters is 1. The standard InChI is InChI=1S/C9H17N.C6H12N2.C6H12O2S.C6H10O.C6H6O.C6H10O.2C6H12.C6H10.C5H10O.C5H10.C5H8.C4H7N.C4H6O2.C4H8O.C4H8S.C3H5NO.C2H4O.18CH4/c1-3-7-10-8-4-2-6-9(10)5-1;1-2-8-5-3-7(1)4-6-8;7-9(8)5-3-1-2-4-6-9;2*1-2-6-4-3-5(1)7-6;7-6-4-2-1-3-5-6;4*1-2-4-6-5-3-1;3*1-2-4-5-3-1;5-4-2-1-3-6-4;2*1-2-4-5-3-1;1-2-5-3-4-1;1-2-3-1;;;;;;;;;;;;;;;;;;/h9H,1-8H2;1-6H2;1-6H2;5-6H,1-4H2;1-6H;1-5H2;2*1-6H2;1-2H,3-6H2;1-5H2;1-5H2;1-2H,3-5H2;3H,1-2,4H2;1-3H2;2*1-4H2;3H,1-2H2;1-2H2;18*1H4. The molecule has 0 radical (unpaired) electrons. The smallest absolute Gasteiger partial charge is 0.305 e. The van der Waals surface area contributed by atoms with Crippen molar-refractivity contribution in [2.45, 2.75) is 511 Å².